The SMILES string of the molecule is C=NC(=NC(=NCC1=CCCC=C1)c1cccc(-c2ccc(-c3ccccc3)c3ccccc23)c1)c1ccccc1. The minimum Gasteiger partial charge on any atom is -0.261 e. The van der Waals surface area contributed by atoms with Gasteiger partial charge in [0.2, 0.25) is 0 Å². The zero-order valence-corrected chi connectivity index (χ0v) is 22.9. The second-order valence-corrected chi connectivity index (χ2v) is 10.0. The lowest BCUT2D eigenvalue weighted by molar-refractivity contribution is 0.994. The summed E-state index contributed by atoms with van der Waals surface area (Å²) in [5, 5.41) is 2.44. The Balaban J connectivity index is 1.45. The molecule has 198 valence electrons. The van der Waals surface area contributed by atoms with E-state index >= 15 is 0 Å². The van der Waals surface area contributed by atoms with E-state index in [2.05, 4.69) is 121 Å². The fourth-order valence-corrected chi connectivity index (χ4v) is 5.27. The quantitative estimate of drug-likeness (QED) is 0.155. The van der Waals surface area contributed by atoms with E-state index in [-0.39, 0.29) is 0 Å². The molecule has 3 heteroatoms. The molecule has 0 bridgehead atoms. The maximum Gasteiger partial charge on any atom is 0.161 e. The topological polar surface area (TPSA) is 37.1 Å². The molecule has 0 heterocycles. The molecule has 0 aromatic heterocycles. The smallest absolute Gasteiger partial charge is 0.161 e. The van der Waals surface area contributed by atoms with Gasteiger partial charge in [0.05, 0.1) is 6.54 Å². The minimum atomic E-state index is 0.556. The molecule has 0 saturated carbocycles. The lowest BCUT2D eigenvalue weighted by Crippen LogP contribution is -2.06. The van der Waals surface area contributed by atoms with Gasteiger partial charge in [-0.25, -0.2) is 9.98 Å². The number of benzene rings is 5. The molecular formula is C38H31N3. The Bertz CT molecular complexity index is 1810. The number of fused-ring (bicyclic) bond motifs is 1. The molecule has 5 aromatic carbocycles. The van der Waals surface area contributed by atoms with E-state index in [1.165, 1.54) is 33.0 Å². The maximum atomic E-state index is 5.00. The highest BCUT2D eigenvalue weighted by atomic mass is 15.0. The number of hydrogen-bond donors (Lipinski definition) is 0. The summed E-state index contributed by atoms with van der Waals surface area (Å²) in [6, 6.07) is 42.1. The molecule has 3 nitrogen and oxygen atoms in total. The number of aliphatic imine (C=N–C) groups is 3. The lowest BCUT2D eigenvalue weighted by Gasteiger charge is -2.13. The van der Waals surface area contributed by atoms with E-state index in [1.807, 2.05) is 30.3 Å². The number of nitrogens with zero attached hydrogens (tertiary/aromatic N) is 3. The molecule has 0 spiro atoms. The molecule has 0 N–H and O–H groups in total. The van der Waals surface area contributed by atoms with Crippen LogP contribution in [0.25, 0.3) is 33.0 Å². The lowest BCUT2D eigenvalue weighted by atomic mass is 9.91. The Kier molecular flexibility index (Phi) is 7.86. The van der Waals surface area contributed by atoms with Crippen molar-refractivity contribution >= 4 is 29.2 Å². The van der Waals surface area contributed by atoms with E-state index in [0.717, 1.165) is 29.5 Å². The van der Waals surface area contributed by atoms with Crippen LogP contribution in [0.1, 0.15) is 24.0 Å². The normalized spacial score (nSPS) is 13.7. The largest absolute Gasteiger partial charge is 0.261 e. The van der Waals surface area contributed by atoms with Crippen LogP contribution in [0.4, 0.5) is 0 Å². The Morgan fingerprint density at radius 2 is 1.24 bits per heavy atom. The van der Waals surface area contributed by atoms with E-state index in [4.69, 9.17) is 9.98 Å². The molecule has 0 atom stereocenters. The van der Waals surface area contributed by atoms with Gasteiger partial charge in [0.15, 0.2) is 11.7 Å². The number of rotatable bonds is 6. The van der Waals surface area contributed by atoms with Crippen LogP contribution in [-0.2, 0) is 0 Å². The van der Waals surface area contributed by atoms with Crippen molar-refractivity contribution in [3.8, 4) is 22.3 Å². The summed E-state index contributed by atoms with van der Waals surface area (Å²) in [6.07, 6.45) is 8.75. The first-order chi connectivity index (χ1) is 20.3. The first-order valence-corrected chi connectivity index (χ1v) is 14.0. The maximum absolute atomic E-state index is 5.00. The second kappa shape index (κ2) is 12.4. The first kappa shape index (κ1) is 26.1. The molecule has 0 unspecified atom stereocenters. The van der Waals surface area contributed by atoms with Crippen molar-refractivity contribution in [2.75, 3.05) is 6.54 Å². The van der Waals surface area contributed by atoms with E-state index in [1.54, 1.807) is 0 Å². The average molecular weight is 530 g/mol. The predicted molar refractivity (Wildman–Crippen MR) is 175 cm³/mol. The van der Waals surface area contributed by atoms with Crippen LogP contribution in [0.5, 0.6) is 0 Å². The number of hydrogen-bond acceptors (Lipinski definition) is 1. The average Bonchev–Trinajstić information content (AvgIpc) is 3.06. The molecule has 0 radical (unpaired) electrons. The van der Waals surface area contributed by atoms with E-state index in [9.17, 15) is 0 Å². The highest BCUT2D eigenvalue weighted by Gasteiger charge is 2.12. The van der Waals surface area contributed by atoms with Crippen LogP contribution >= 0.6 is 0 Å². The molecule has 0 saturated heterocycles. The third-order valence-corrected chi connectivity index (χ3v) is 7.32. The fraction of sp³-hybridized carbons (Fsp3) is 0.0789. The second-order valence-electron chi connectivity index (χ2n) is 10.0. The zero-order valence-electron chi connectivity index (χ0n) is 22.9. The molecule has 1 aliphatic rings. The summed E-state index contributed by atoms with van der Waals surface area (Å²) in [5.41, 5.74) is 7.78. The summed E-state index contributed by atoms with van der Waals surface area (Å²) >= 11 is 0. The molecule has 5 aromatic rings. The standard InChI is InChI=1S/C38H31N3/c1-39-37(30-18-9-4-10-19-30)41-38(40-27-28-14-5-2-6-15-28)32-21-13-20-31(26-32)34-25-24-33(29-16-7-3-8-17-29)35-22-11-12-23-36(34)35/h3-5,7-26H,1-2,6,27H2. The highest BCUT2D eigenvalue weighted by Crippen LogP contribution is 2.36. The molecule has 0 amide bonds. The number of allylic oxidation sites excluding steroid dienone is 2. The summed E-state index contributed by atoms with van der Waals surface area (Å²) in [4.78, 5) is 14.2. The van der Waals surface area contributed by atoms with Crippen molar-refractivity contribution < 1.29 is 0 Å². The van der Waals surface area contributed by atoms with Crippen molar-refractivity contribution in [3.63, 3.8) is 0 Å². The van der Waals surface area contributed by atoms with Gasteiger partial charge in [0.25, 0.3) is 0 Å². The summed E-state index contributed by atoms with van der Waals surface area (Å²) in [7, 11) is 0. The molecule has 0 aliphatic heterocycles. The summed E-state index contributed by atoms with van der Waals surface area (Å²) in [5.74, 6) is 1.20. The Hall–Kier alpha value is -5.15. The van der Waals surface area contributed by atoms with Crippen LogP contribution < -0.4 is 0 Å². The molecular weight excluding hydrogens is 498 g/mol. The summed E-state index contributed by atoms with van der Waals surface area (Å²) < 4.78 is 0. The predicted octanol–water partition coefficient (Wildman–Crippen LogP) is 9.34. The number of amidine groups is 2. The van der Waals surface area contributed by atoms with Crippen molar-refractivity contribution in [3.05, 3.63) is 156 Å². The van der Waals surface area contributed by atoms with Crippen LogP contribution in [0.2, 0.25) is 0 Å². The Morgan fingerprint density at radius 3 is 1.93 bits per heavy atom. The Labute approximate surface area is 241 Å². The highest BCUT2D eigenvalue weighted by molar-refractivity contribution is 6.13. The van der Waals surface area contributed by atoms with Crippen LogP contribution in [0, 0.1) is 0 Å². The van der Waals surface area contributed by atoms with Gasteiger partial charge in [0.1, 0.15) is 0 Å². The van der Waals surface area contributed by atoms with Crippen molar-refractivity contribution in [1.82, 2.24) is 0 Å². The first-order valence-electron chi connectivity index (χ1n) is 14.0. The van der Waals surface area contributed by atoms with E-state index in [0.29, 0.717) is 18.2 Å². The van der Waals surface area contributed by atoms with Gasteiger partial charge in [-0.2, -0.15) is 0 Å². The molecule has 1 aliphatic carbocycles. The van der Waals surface area contributed by atoms with Gasteiger partial charge in [-0.05, 0) is 64.2 Å². The molecule has 6 rings (SSSR count). The van der Waals surface area contributed by atoms with E-state index < -0.39 is 0 Å². The van der Waals surface area contributed by atoms with Gasteiger partial charge in [0, 0.05) is 11.1 Å². The monoisotopic (exact) mass is 529 g/mol. The third-order valence-electron chi connectivity index (χ3n) is 7.32. The van der Waals surface area contributed by atoms with Crippen molar-refractivity contribution in [1.29, 1.82) is 0 Å². The van der Waals surface area contributed by atoms with Crippen LogP contribution in [0.15, 0.2) is 160 Å². The zero-order chi connectivity index (χ0) is 27.9. The minimum absolute atomic E-state index is 0.556. The van der Waals surface area contributed by atoms with Gasteiger partial charge in [-0.1, -0.05) is 133 Å². The molecule has 0 fully saturated rings. The van der Waals surface area contributed by atoms with Crippen molar-refractivity contribution in [2.24, 2.45) is 15.0 Å². The van der Waals surface area contributed by atoms with Crippen LogP contribution in [0.3, 0.4) is 0 Å². The van der Waals surface area contributed by atoms with Gasteiger partial charge in [-0.3, -0.25) is 4.99 Å². The summed E-state index contributed by atoms with van der Waals surface area (Å²) in [6.45, 7) is 4.37. The Morgan fingerprint density at radius 1 is 0.610 bits per heavy atom. The van der Waals surface area contributed by atoms with Gasteiger partial charge in [-0.15, -0.1) is 0 Å². The fourth-order valence-electron chi connectivity index (χ4n) is 5.27. The van der Waals surface area contributed by atoms with Crippen LogP contribution in [-0.4, -0.2) is 24.9 Å². The van der Waals surface area contributed by atoms with Crippen molar-refractivity contribution in [2.45, 2.75) is 12.8 Å². The third kappa shape index (κ3) is 5.90. The van der Waals surface area contributed by atoms with Gasteiger partial charge < -0.3 is 0 Å². The molecule has 41 heavy (non-hydrogen) atoms. The van der Waals surface area contributed by atoms with Gasteiger partial charge >= 0.3 is 0 Å².